The summed E-state index contributed by atoms with van der Waals surface area (Å²) >= 11 is 3.24. The number of fused-ring (bicyclic) bond motifs is 1. The average Bonchev–Trinajstić information content (AvgIpc) is 2.72. The molecule has 0 unspecified atom stereocenters. The van der Waals surface area contributed by atoms with Crippen LogP contribution in [0.5, 0.6) is 17.2 Å². The summed E-state index contributed by atoms with van der Waals surface area (Å²) in [5.74, 6) is 0.107. The molecule has 0 atom stereocenters. The highest BCUT2D eigenvalue weighted by molar-refractivity contribution is 9.10. The summed E-state index contributed by atoms with van der Waals surface area (Å²) in [5.41, 5.74) is 0.0782. The van der Waals surface area contributed by atoms with Crippen LogP contribution >= 0.6 is 15.9 Å². The zero-order valence-electron chi connectivity index (χ0n) is 9.14. The topological polar surface area (TPSA) is 74.2 Å². The number of carboxylic acids is 1. The predicted molar refractivity (Wildman–Crippen MR) is 62.5 cm³/mol. The lowest BCUT2D eigenvalue weighted by Crippen LogP contribution is -2.38. The van der Waals surface area contributed by atoms with Crippen LogP contribution in [0.3, 0.4) is 0 Å². The Bertz CT molecular complexity index is 511. The Morgan fingerprint density at radius 1 is 1.44 bits per heavy atom. The van der Waals surface area contributed by atoms with Gasteiger partial charge in [-0.25, -0.2) is 4.79 Å². The minimum Gasteiger partial charge on any atom is -0.480 e. The first-order chi connectivity index (χ1) is 8.66. The normalized spacial score (nSPS) is 17.4. The summed E-state index contributed by atoms with van der Waals surface area (Å²) in [4.78, 5) is 11.1. The molecule has 0 saturated carbocycles. The van der Waals surface area contributed by atoms with Gasteiger partial charge in [-0.05, 0) is 15.9 Å². The highest BCUT2D eigenvalue weighted by atomic mass is 79.9. The summed E-state index contributed by atoms with van der Waals surface area (Å²) in [5, 5.41) is 9.12. The fourth-order valence-corrected chi connectivity index (χ4v) is 2.26. The molecule has 1 saturated heterocycles. The molecule has 1 aromatic carbocycles. The van der Waals surface area contributed by atoms with Gasteiger partial charge in [0.25, 0.3) is 0 Å². The predicted octanol–water partition coefficient (Wildman–Crippen LogP) is 1.65. The number of carboxylic acid groups (broad SMARTS) is 1. The van der Waals surface area contributed by atoms with Crippen molar-refractivity contribution in [2.24, 2.45) is 0 Å². The Hall–Kier alpha value is -1.47. The first-order valence-corrected chi connectivity index (χ1v) is 6.06. The third-order valence-electron chi connectivity index (χ3n) is 2.68. The number of hydrogen-bond acceptors (Lipinski definition) is 5. The minimum atomic E-state index is -1.06. The SMILES string of the molecule is O=C(O)c1cc2c(c(OC3COC3)c1Br)OCO2. The summed E-state index contributed by atoms with van der Waals surface area (Å²) in [6.45, 7) is 1.03. The highest BCUT2D eigenvalue weighted by Gasteiger charge is 2.30. The van der Waals surface area contributed by atoms with E-state index in [1.54, 1.807) is 0 Å². The number of aromatic carboxylic acids is 1. The van der Waals surface area contributed by atoms with E-state index in [1.807, 2.05) is 0 Å². The van der Waals surface area contributed by atoms with Gasteiger partial charge in [0.05, 0.1) is 23.2 Å². The number of halogens is 1. The standard InChI is InChI=1S/C11H9BrO6/c12-8-6(11(13)14)1-7-9(17-4-16-7)10(8)18-5-2-15-3-5/h1,5H,2-4H2,(H,13,14). The Balaban J connectivity index is 2.05. The lowest BCUT2D eigenvalue weighted by Gasteiger charge is -2.27. The lowest BCUT2D eigenvalue weighted by molar-refractivity contribution is -0.0806. The maximum atomic E-state index is 11.1. The largest absolute Gasteiger partial charge is 0.480 e. The third-order valence-corrected chi connectivity index (χ3v) is 3.47. The monoisotopic (exact) mass is 316 g/mol. The quantitative estimate of drug-likeness (QED) is 0.914. The fraction of sp³-hybridized carbons (Fsp3) is 0.364. The molecule has 0 radical (unpaired) electrons. The molecule has 1 N–H and O–H groups in total. The number of carbonyl (C=O) groups is 1. The van der Waals surface area contributed by atoms with E-state index in [4.69, 9.17) is 24.1 Å². The van der Waals surface area contributed by atoms with Gasteiger partial charge in [-0.3, -0.25) is 0 Å². The Morgan fingerprint density at radius 2 is 2.22 bits per heavy atom. The van der Waals surface area contributed by atoms with Crippen molar-refractivity contribution < 1.29 is 28.8 Å². The Kier molecular flexibility index (Phi) is 2.79. The zero-order valence-corrected chi connectivity index (χ0v) is 10.7. The van der Waals surface area contributed by atoms with Gasteiger partial charge in [-0.2, -0.15) is 0 Å². The maximum absolute atomic E-state index is 11.1. The molecule has 3 rings (SSSR count). The molecule has 0 amide bonds. The molecule has 0 bridgehead atoms. The number of benzene rings is 1. The van der Waals surface area contributed by atoms with E-state index in [9.17, 15) is 4.79 Å². The first kappa shape index (κ1) is 11.6. The molecule has 96 valence electrons. The van der Waals surface area contributed by atoms with Crippen molar-refractivity contribution in [3.05, 3.63) is 16.1 Å². The lowest BCUT2D eigenvalue weighted by atomic mass is 10.2. The van der Waals surface area contributed by atoms with Gasteiger partial charge in [0.1, 0.15) is 6.10 Å². The number of hydrogen-bond donors (Lipinski definition) is 1. The number of ether oxygens (including phenoxy) is 4. The molecule has 18 heavy (non-hydrogen) atoms. The van der Waals surface area contributed by atoms with Crippen molar-refractivity contribution in [3.63, 3.8) is 0 Å². The van der Waals surface area contributed by atoms with Crippen LogP contribution in [-0.4, -0.2) is 37.2 Å². The molecular formula is C11H9BrO6. The van der Waals surface area contributed by atoms with Crippen LogP contribution < -0.4 is 14.2 Å². The van der Waals surface area contributed by atoms with Gasteiger partial charge in [-0.1, -0.05) is 0 Å². The average molecular weight is 317 g/mol. The van der Waals surface area contributed by atoms with Crippen LogP contribution in [-0.2, 0) is 4.74 Å². The van der Waals surface area contributed by atoms with Gasteiger partial charge in [0.15, 0.2) is 11.5 Å². The smallest absolute Gasteiger partial charge is 0.337 e. The van der Waals surface area contributed by atoms with Gasteiger partial charge < -0.3 is 24.1 Å². The van der Waals surface area contributed by atoms with Crippen molar-refractivity contribution in [1.82, 2.24) is 0 Å². The van der Waals surface area contributed by atoms with Crippen molar-refractivity contribution >= 4 is 21.9 Å². The third kappa shape index (κ3) is 1.79. The minimum absolute atomic E-state index is 0.0579. The molecule has 1 aromatic rings. The molecule has 2 aliphatic heterocycles. The summed E-state index contributed by atoms with van der Waals surface area (Å²) in [7, 11) is 0. The maximum Gasteiger partial charge on any atom is 0.337 e. The van der Waals surface area contributed by atoms with Crippen LogP contribution in [0.1, 0.15) is 10.4 Å². The van der Waals surface area contributed by atoms with Gasteiger partial charge in [0, 0.05) is 6.07 Å². The van der Waals surface area contributed by atoms with Crippen molar-refractivity contribution in [1.29, 1.82) is 0 Å². The molecule has 2 aliphatic rings. The van der Waals surface area contributed by atoms with Crippen LogP contribution in [0.15, 0.2) is 10.5 Å². The van der Waals surface area contributed by atoms with Crippen LogP contribution in [0.2, 0.25) is 0 Å². The molecule has 0 spiro atoms. The van der Waals surface area contributed by atoms with Crippen molar-refractivity contribution in [3.8, 4) is 17.2 Å². The number of rotatable bonds is 3. The molecule has 2 heterocycles. The fourth-order valence-electron chi connectivity index (χ4n) is 1.70. The zero-order chi connectivity index (χ0) is 12.7. The van der Waals surface area contributed by atoms with E-state index >= 15 is 0 Å². The van der Waals surface area contributed by atoms with Gasteiger partial charge >= 0.3 is 5.97 Å². The van der Waals surface area contributed by atoms with Crippen LogP contribution in [0.4, 0.5) is 0 Å². The summed E-state index contributed by atoms with van der Waals surface area (Å²) in [6.07, 6.45) is -0.0846. The van der Waals surface area contributed by atoms with Crippen molar-refractivity contribution in [2.75, 3.05) is 20.0 Å². The second-order valence-electron chi connectivity index (χ2n) is 3.88. The first-order valence-electron chi connectivity index (χ1n) is 5.26. The second kappa shape index (κ2) is 4.33. The van der Waals surface area contributed by atoms with Crippen LogP contribution in [0, 0.1) is 0 Å². The summed E-state index contributed by atoms with van der Waals surface area (Å²) < 4.78 is 21.5. The van der Waals surface area contributed by atoms with E-state index < -0.39 is 5.97 Å². The molecule has 6 nitrogen and oxygen atoms in total. The van der Waals surface area contributed by atoms with Crippen LogP contribution in [0.25, 0.3) is 0 Å². The van der Waals surface area contributed by atoms with E-state index in [0.717, 1.165) is 0 Å². The Morgan fingerprint density at radius 3 is 2.83 bits per heavy atom. The van der Waals surface area contributed by atoms with Gasteiger partial charge in [0.2, 0.25) is 12.5 Å². The molecule has 7 heteroatoms. The second-order valence-corrected chi connectivity index (χ2v) is 4.68. The molecule has 0 aromatic heterocycles. The van der Waals surface area contributed by atoms with Gasteiger partial charge in [-0.15, -0.1) is 0 Å². The summed E-state index contributed by atoms with van der Waals surface area (Å²) in [6, 6.07) is 1.42. The van der Waals surface area contributed by atoms with E-state index in [1.165, 1.54) is 6.07 Å². The van der Waals surface area contributed by atoms with E-state index in [2.05, 4.69) is 15.9 Å². The van der Waals surface area contributed by atoms with Crippen molar-refractivity contribution in [2.45, 2.75) is 6.10 Å². The Labute approximate surface area is 111 Å². The highest BCUT2D eigenvalue weighted by Crippen LogP contribution is 2.48. The molecular weight excluding hydrogens is 308 g/mol. The molecule has 1 fully saturated rings. The molecule has 0 aliphatic carbocycles. The van der Waals surface area contributed by atoms with E-state index in [-0.39, 0.29) is 18.5 Å². The van der Waals surface area contributed by atoms with E-state index in [0.29, 0.717) is 34.9 Å².